The van der Waals surface area contributed by atoms with Crippen LogP contribution in [0.2, 0.25) is 0 Å². The summed E-state index contributed by atoms with van der Waals surface area (Å²) >= 11 is 1.47. The quantitative estimate of drug-likeness (QED) is 0.923. The fourth-order valence-electron chi connectivity index (χ4n) is 2.65. The smallest absolute Gasteiger partial charge is 0.168 e. The van der Waals surface area contributed by atoms with Crippen molar-refractivity contribution in [1.82, 2.24) is 4.90 Å². The molecule has 2 aromatic rings. The molecule has 102 valence electrons. The molecule has 0 spiro atoms. The van der Waals surface area contributed by atoms with E-state index in [0.29, 0.717) is 11.0 Å². The fourth-order valence-corrected chi connectivity index (χ4v) is 3.70. The maximum Gasteiger partial charge on any atom is 0.168 e. The van der Waals surface area contributed by atoms with Gasteiger partial charge in [0.2, 0.25) is 0 Å². The van der Waals surface area contributed by atoms with Gasteiger partial charge in [0.15, 0.2) is 5.17 Å². The minimum absolute atomic E-state index is 0.0604. The molecule has 3 heterocycles. The molecular formula is C14H11FN2O2S. The molecule has 2 aliphatic rings. The first-order valence-corrected chi connectivity index (χ1v) is 7.11. The SMILES string of the molecule is OCC1=C(c2ccc(F)c3ccoc23)N2CCN=C2S1. The van der Waals surface area contributed by atoms with Gasteiger partial charge in [-0.05, 0) is 18.2 Å². The van der Waals surface area contributed by atoms with Gasteiger partial charge in [0, 0.05) is 17.0 Å². The number of furan rings is 1. The van der Waals surface area contributed by atoms with Gasteiger partial charge in [0.1, 0.15) is 11.4 Å². The van der Waals surface area contributed by atoms with E-state index >= 15 is 0 Å². The van der Waals surface area contributed by atoms with Gasteiger partial charge in [0.25, 0.3) is 0 Å². The first-order valence-electron chi connectivity index (χ1n) is 6.29. The van der Waals surface area contributed by atoms with E-state index in [1.54, 1.807) is 12.1 Å². The van der Waals surface area contributed by atoms with Crippen LogP contribution in [0, 0.1) is 5.82 Å². The lowest BCUT2D eigenvalue weighted by atomic mass is 10.1. The number of halogens is 1. The van der Waals surface area contributed by atoms with E-state index in [1.165, 1.54) is 24.1 Å². The highest BCUT2D eigenvalue weighted by atomic mass is 32.2. The number of rotatable bonds is 2. The van der Waals surface area contributed by atoms with Gasteiger partial charge in [-0.2, -0.15) is 0 Å². The normalized spacial score (nSPS) is 18.1. The Balaban J connectivity index is 1.96. The molecule has 0 unspecified atom stereocenters. The molecule has 0 fully saturated rings. The zero-order valence-corrected chi connectivity index (χ0v) is 11.3. The van der Waals surface area contributed by atoms with E-state index < -0.39 is 0 Å². The lowest BCUT2D eigenvalue weighted by Gasteiger charge is -2.17. The molecule has 20 heavy (non-hydrogen) atoms. The van der Waals surface area contributed by atoms with Gasteiger partial charge in [-0.1, -0.05) is 11.8 Å². The first kappa shape index (κ1) is 12.0. The molecule has 1 aromatic heterocycles. The van der Waals surface area contributed by atoms with Crippen LogP contribution < -0.4 is 0 Å². The van der Waals surface area contributed by atoms with Crippen LogP contribution in [0.15, 0.2) is 38.8 Å². The van der Waals surface area contributed by atoms with Crippen molar-refractivity contribution >= 4 is 33.6 Å². The summed E-state index contributed by atoms with van der Waals surface area (Å²) in [6.07, 6.45) is 1.48. The summed E-state index contributed by atoms with van der Waals surface area (Å²) in [4.78, 5) is 7.29. The van der Waals surface area contributed by atoms with Gasteiger partial charge in [-0.25, -0.2) is 4.39 Å². The second kappa shape index (κ2) is 4.36. The number of aliphatic hydroxyl groups is 1. The lowest BCUT2D eigenvalue weighted by molar-refractivity contribution is 0.339. The number of aliphatic imine (C=N–C) groups is 1. The molecule has 0 aliphatic carbocycles. The molecule has 1 N–H and O–H groups in total. The Morgan fingerprint density at radius 2 is 2.30 bits per heavy atom. The zero-order chi connectivity index (χ0) is 13.7. The molecule has 1 aromatic carbocycles. The molecule has 4 nitrogen and oxygen atoms in total. The molecule has 0 saturated carbocycles. The van der Waals surface area contributed by atoms with Crippen molar-refractivity contribution in [2.24, 2.45) is 4.99 Å². The van der Waals surface area contributed by atoms with Crippen molar-refractivity contribution in [3.05, 3.63) is 40.7 Å². The van der Waals surface area contributed by atoms with Gasteiger partial charge >= 0.3 is 0 Å². The Morgan fingerprint density at radius 3 is 3.15 bits per heavy atom. The standard InChI is InChI=1S/C14H11FN2O2S/c15-10-2-1-9(13-8(10)3-6-19-13)12-11(7-18)20-14-16-4-5-17(12)14/h1-3,6,18H,4-5,7H2. The molecule has 0 saturated heterocycles. The summed E-state index contributed by atoms with van der Waals surface area (Å²) in [6, 6.07) is 4.76. The Bertz CT molecular complexity index is 766. The van der Waals surface area contributed by atoms with Gasteiger partial charge in [-0.3, -0.25) is 4.99 Å². The second-order valence-corrected chi connectivity index (χ2v) is 5.67. The topological polar surface area (TPSA) is 49.0 Å². The van der Waals surface area contributed by atoms with Crippen LogP contribution in [-0.4, -0.2) is 34.9 Å². The number of nitrogens with zero attached hydrogens (tertiary/aromatic N) is 2. The highest BCUT2D eigenvalue weighted by molar-refractivity contribution is 8.17. The summed E-state index contributed by atoms with van der Waals surface area (Å²) < 4.78 is 19.2. The summed E-state index contributed by atoms with van der Waals surface area (Å²) in [5.74, 6) is -0.301. The Morgan fingerprint density at radius 1 is 1.40 bits per heavy atom. The van der Waals surface area contributed by atoms with Crippen molar-refractivity contribution in [3.63, 3.8) is 0 Å². The Labute approximate surface area is 118 Å². The number of hydrogen-bond acceptors (Lipinski definition) is 5. The van der Waals surface area contributed by atoms with Crippen LogP contribution >= 0.6 is 11.8 Å². The van der Waals surface area contributed by atoms with E-state index in [9.17, 15) is 9.50 Å². The molecule has 0 amide bonds. The largest absolute Gasteiger partial charge is 0.464 e. The molecule has 4 rings (SSSR count). The van der Waals surface area contributed by atoms with Crippen LogP contribution in [0.1, 0.15) is 5.56 Å². The summed E-state index contributed by atoms with van der Waals surface area (Å²) in [5, 5.41) is 10.9. The lowest BCUT2D eigenvalue weighted by Crippen LogP contribution is -2.20. The van der Waals surface area contributed by atoms with Crippen LogP contribution in [0.3, 0.4) is 0 Å². The summed E-state index contributed by atoms with van der Waals surface area (Å²) in [7, 11) is 0. The average Bonchev–Trinajstić information content (AvgIpc) is 3.14. The van der Waals surface area contributed by atoms with Crippen LogP contribution in [-0.2, 0) is 0 Å². The van der Waals surface area contributed by atoms with Crippen molar-refractivity contribution < 1.29 is 13.9 Å². The maximum atomic E-state index is 13.8. The predicted molar refractivity (Wildman–Crippen MR) is 76.8 cm³/mol. The molecule has 0 radical (unpaired) electrons. The zero-order valence-electron chi connectivity index (χ0n) is 10.5. The molecule has 0 atom stereocenters. The van der Waals surface area contributed by atoms with Crippen molar-refractivity contribution in [2.75, 3.05) is 19.7 Å². The summed E-state index contributed by atoms with van der Waals surface area (Å²) in [5.41, 5.74) is 2.20. The molecule has 6 heteroatoms. The predicted octanol–water partition coefficient (Wildman–Crippen LogP) is 2.65. The third kappa shape index (κ3) is 1.55. The van der Waals surface area contributed by atoms with E-state index in [1.807, 2.05) is 0 Å². The third-order valence-corrected chi connectivity index (χ3v) is 4.61. The van der Waals surface area contributed by atoms with E-state index in [0.717, 1.165) is 34.4 Å². The van der Waals surface area contributed by atoms with Gasteiger partial charge in [-0.15, -0.1) is 0 Å². The molecule has 2 aliphatic heterocycles. The second-order valence-electron chi connectivity index (χ2n) is 4.61. The van der Waals surface area contributed by atoms with E-state index in [2.05, 4.69) is 9.89 Å². The number of aliphatic hydroxyl groups excluding tert-OH is 1. The first-order chi connectivity index (χ1) is 9.79. The molecule has 0 bridgehead atoms. The van der Waals surface area contributed by atoms with Crippen molar-refractivity contribution in [2.45, 2.75) is 0 Å². The fraction of sp³-hybridized carbons (Fsp3) is 0.214. The number of hydrogen-bond donors (Lipinski definition) is 1. The summed E-state index contributed by atoms with van der Waals surface area (Å²) in [6.45, 7) is 1.46. The number of benzene rings is 1. The van der Waals surface area contributed by atoms with Crippen LogP contribution in [0.5, 0.6) is 0 Å². The Hall–Kier alpha value is -1.79. The number of thioether (sulfide) groups is 1. The van der Waals surface area contributed by atoms with Gasteiger partial charge in [0.05, 0.1) is 30.5 Å². The third-order valence-electron chi connectivity index (χ3n) is 3.51. The maximum absolute atomic E-state index is 13.8. The monoisotopic (exact) mass is 290 g/mol. The average molecular weight is 290 g/mol. The van der Waals surface area contributed by atoms with Crippen LogP contribution in [0.25, 0.3) is 16.7 Å². The molecular weight excluding hydrogens is 279 g/mol. The van der Waals surface area contributed by atoms with Crippen molar-refractivity contribution in [1.29, 1.82) is 0 Å². The van der Waals surface area contributed by atoms with Crippen LogP contribution in [0.4, 0.5) is 4.39 Å². The van der Waals surface area contributed by atoms with Gasteiger partial charge < -0.3 is 14.4 Å². The number of fused-ring (bicyclic) bond motifs is 2. The highest BCUT2D eigenvalue weighted by Crippen LogP contribution is 2.43. The Kier molecular flexibility index (Phi) is 2.61. The minimum Gasteiger partial charge on any atom is -0.464 e. The van der Waals surface area contributed by atoms with E-state index in [4.69, 9.17) is 4.42 Å². The van der Waals surface area contributed by atoms with E-state index in [-0.39, 0.29) is 12.4 Å². The van der Waals surface area contributed by atoms with Crippen molar-refractivity contribution in [3.8, 4) is 0 Å². The number of amidine groups is 1. The highest BCUT2D eigenvalue weighted by Gasteiger charge is 2.34. The minimum atomic E-state index is -0.301.